The molecule has 8 heteroatoms. The molecule has 0 heterocycles. The highest BCUT2D eigenvalue weighted by Crippen LogP contribution is 2.30. The molecular formula is C10H10F2O4S2. The number of thioether (sulfide) groups is 1. The number of carboxylic acids is 1. The summed E-state index contributed by atoms with van der Waals surface area (Å²) < 4.78 is 47.6. The summed E-state index contributed by atoms with van der Waals surface area (Å²) in [5.41, 5.74) is 0. The molecule has 1 N–H and O–H groups in total. The predicted molar refractivity (Wildman–Crippen MR) is 62.6 cm³/mol. The van der Waals surface area contributed by atoms with Crippen molar-refractivity contribution < 1.29 is 27.1 Å². The van der Waals surface area contributed by atoms with E-state index in [1.807, 2.05) is 0 Å². The quantitative estimate of drug-likeness (QED) is 0.815. The number of carbonyl (C=O) groups is 1. The summed E-state index contributed by atoms with van der Waals surface area (Å²) in [4.78, 5) is 10.0. The van der Waals surface area contributed by atoms with Crippen molar-refractivity contribution in [2.75, 3.05) is 5.75 Å². The van der Waals surface area contributed by atoms with E-state index in [0.29, 0.717) is 0 Å². The fourth-order valence-electron chi connectivity index (χ4n) is 1.15. The summed E-state index contributed by atoms with van der Waals surface area (Å²) in [6.07, 6.45) is -0.173. The second-order valence-electron chi connectivity index (χ2n) is 3.24. The number of rotatable bonds is 6. The molecule has 1 aromatic rings. The van der Waals surface area contributed by atoms with Crippen LogP contribution in [0, 0.1) is 0 Å². The van der Waals surface area contributed by atoms with E-state index in [2.05, 4.69) is 0 Å². The molecule has 100 valence electrons. The van der Waals surface area contributed by atoms with Gasteiger partial charge in [0, 0.05) is 10.6 Å². The van der Waals surface area contributed by atoms with E-state index < -0.39 is 26.5 Å². The number of halogens is 2. The van der Waals surface area contributed by atoms with Gasteiger partial charge in [0.2, 0.25) is 9.84 Å². The lowest BCUT2D eigenvalue weighted by molar-refractivity contribution is -0.136. The number of sulfone groups is 1. The maximum Gasteiger partial charge on any atom is 0.341 e. The molecular weight excluding hydrogens is 286 g/mol. The zero-order valence-electron chi connectivity index (χ0n) is 9.05. The normalized spacial score (nSPS) is 11.7. The minimum Gasteiger partial charge on any atom is -0.481 e. The Bertz CT molecular complexity index is 528. The van der Waals surface area contributed by atoms with Gasteiger partial charge < -0.3 is 5.11 Å². The first-order valence-corrected chi connectivity index (χ1v) is 7.34. The van der Waals surface area contributed by atoms with Crippen molar-refractivity contribution >= 4 is 27.6 Å². The van der Waals surface area contributed by atoms with Crippen LogP contribution >= 0.6 is 11.8 Å². The Kier molecular flexibility index (Phi) is 5.09. The third-order valence-electron chi connectivity index (χ3n) is 1.96. The second kappa shape index (κ2) is 6.14. The highest BCUT2D eigenvalue weighted by Gasteiger charge is 2.28. The third kappa shape index (κ3) is 3.67. The first kappa shape index (κ1) is 14.9. The first-order valence-electron chi connectivity index (χ1n) is 4.81. The summed E-state index contributed by atoms with van der Waals surface area (Å²) in [6.45, 7) is 0. The topological polar surface area (TPSA) is 71.4 Å². The zero-order valence-corrected chi connectivity index (χ0v) is 10.7. The largest absolute Gasteiger partial charge is 0.481 e. The molecule has 0 aliphatic rings. The summed E-state index contributed by atoms with van der Waals surface area (Å²) in [5, 5.41) is 8.46. The highest BCUT2D eigenvalue weighted by molar-refractivity contribution is 8.00. The summed E-state index contributed by atoms with van der Waals surface area (Å²) in [6, 6.07) is 5.32. The molecule has 0 radical (unpaired) electrons. The molecule has 4 nitrogen and oxygen atoms in total. The molecule has 0 saturated heterocycles. The fraction of sp³-hybridized carbons (Fsp3) is 0.300. The molecule has 0 unspecified atom stereocenters. The Hall–Kier alpha value is -1.15. The molecule has 1 rings (SSSR count). The van der Waals surface area contributed by atoms with Gasteiger partial charge >= 0.3 is 11.7 Å². The SMILES string of the molecule is O=C(O)CCSc1ccccc1S(=O)(=O)C(F)F. The molecule has 0 atom stereocenters. The Morgan fingerprint density at radius 1 is 1.33 bits per heavy atom. The minimum atomic E-state index is -4.66. The van der Waals surface area contributed by atoms with Crippen molar-refractivity contribution in [2.45, 2.75) is 22.0 Å². The third-order valence-corrected chi connectivity index (χ3v) is 4.61. The average Bonchev–Trinajstić information content (AvgIpc) is 2.28. The van der Waals surface area contributed by atoms with Crippen LogP contribution < -0.4 is 0 Å². The molecule has 0 spiro atoms. The van der Waals surface area contributed by atoms with Crippen LogP contribution in [-0.4, -0.2) is 31.0 Å². The van der Waals surface area contributed by atoms with Crippen molar-refractivity contribution in [1.29, 1.82) is 0 Å². The molecule has 0 bridgehead atoms. The Labute approximate surface area is 107 Å². The maximum absolute atomic E-state index is 12.4. The summed E-state index contributed by atoms with van der Waals surface area (Å²) in [5.74, 6) is -4.40. The van der Waals surface area contributed by atoms with Crippen LogP contribution in [0.4, 0.5) is 8.78 Å². The predicted octanol–water partition coefficient (Wildman–Crippen LogP) is 2.25. The van der Waals surface area contributed by atoms with Gasteiger partial charge in [-0.25, -0.2) is 8.42 Å². The molecule has 0 saturated carbocycles. The lowest BCUT2D eigenvalue weighted by atomic mass is 10.4. The van der Waals surface area contributed by atoms with Gasteiger partial charge in [0.25, 0.3) is 0 Å². The van der Waals surface area contributed by atoms with Gasteiger partial charge in [-0.3, -0.25) is 4.79 Å². The van der Waals surface area contributed by atoms with Gasteiger partial charge in [0.15, 0.2) is 0 Å². The number of hydrogen-bond donors (Lipinski definition) is 1. The van der Waals surface area contributed by atoms with Crippen LogP contribution in [0.2, 0.25) is 0 Å². The van der Waals surface area contributed by atoms with Crippen molar-refractivity contribution in [3.63, 3.8) is 0 Å². The smallest absolute Gasteiger partial charge is 0.341 e. The van der Waals surface area contributed by atoms with Crippen molar-refractivity contribution in [1.82, 2.24) is 0 Å². The number of carboxylic acid groups (broad SMARTS) is 1. The van der Waals surface area contributed by atoms with E-state index in [9.17, 15) is 22.0 Å². The molecule has 0 aliphatic carbocycles. The van der Waals surface area contributed by atoms with E-state index in [-0.39, 0.29) is 17.1 Å². The second-order valence-corrected chi connectivity index (χ2v) is 6.27. The van der Waals surface area contributed by atoms with Gasteiger partial charge in [-0.1, -0.05) is 12.1 Å². The standard InChI is InChI=1S/C10H10F2O4S2/c11-10(12)18(15,16)8-4-2-1-3-7(8)17-6-5-9(13)14/h1-4,10H,5-6H2,(H,13,14). The maximum atomic E-state index is 12.4. The van der Waals surface area contributed by atoms with E-state index in [1.54, 1.807) is 0 Å². The monoisotopic (exact) mass is 296 g/mol. The first-order chi connectivity index (χ1) is 8.35. The van der Waals surface area contributed by atoms with Crippen molar-refractivity contribution in [3.05, 3.63) is 24.3 Å². The summed E-state index contributed by atoms with van der Waals surface area (Å²) in [7, 11) is -4.66. The lowest BCUT2D eigenvalue weighted by Crippen LogP contribution is -2.12. The molecule has 18 heavy (non-hydrogen) atoms. The molecule has 0 aliphatic heterocycles. The molecule has 0 aromatic heterocycles. The Morgan fingerprint density at radius 2 is 1.94 bits per heavy atom. The van der Waals surface area contributed by atoms with Gasteiger partial charge in [-0.15, -0.1) is 11.8 Å². The van der Waals surface area contributed by atoms with E-state index in [4.69, 9.17) is 5.11 Å². The highest BCUT2D eigenvalue weighted by atomic mass is 32.2. The van der Waals surface area contributed by atoms with Gasteiger partial charge in [0.05, 0.1) is 11.3 Å². The number of benzene rings is 1. The van der Waals surface area contributed by atoms with E-state index in [0.717, 1.165) is 17.8 Å². The van der Waals surface area contributed by atoms with Gasteiger partial charge in [0.1, 0.15) is 0 Å². The number of alkyl halides is 2. The van der Waals surface area contributed by atoms with E-state index in [1.165, 1.54) is 18.2 Å². The van der Waals surface area contributed by atoms with Crippen LogP contribution in [0.15, 0.2) is 34.1 Å². The van der Waals surface area contributed by atoms with Crippen LogP contribution in [0.25, 0.3) is 0 Å². The lowest BCUT2D eigenvalue weighted by Gasteiger charge is -2.08. The van der Waals surface area contributed by atoms with Gasteiger partial charge in [-0.2, -0.15) is 8.78 Å². The van der Waals surface area contributed by atoms with Crippen LogP contribution in [0.1, 0.15) is 6.42 Å². The van der Waals surface area contributed by atoms with Crippen molar-refractivity contribution in [3.8, 4) is 0 Å². The van der Waals surface area contributed by atoms with Gasteiger partial charge in [-0.05, 0) is 12.1 Å². The number of aliphatic carboxylic acids is 1. The van der Waals surface area contributed by atoms with E-state index >= 15 is 0 Å². The Balaban J connectivity index is 2.97. The summed E-state index contributed by atoms with van der Waals surface area (Å²) >= 11 is 0.926. The molecule has 1 aromatic carbocycles. The fourth-order valence-corrected chi connectivity index (χ4v) is 3.36. The minimum absolute atomic E-state index is 0.116. The average molecular weight is 296 g/mol. The molecule has 0 amide bonds. The Morgan fingerprint density at radius 3 is 2.50 bits per heavy atom. The molecule has 0 fully saturated rings. The van der Waals surface area contributed by atoms with Crippen molar-refractivity contribution in [2.24, 2.45) is 0 Å². The zero-order chi connectivity index (χ0) is 13.8. The number of hydrogen-bond acceptors (Lipinski definition) is 4. The van der Waals surface area contributed by atoms with Crippen LogP contribution in [0.3, 0.4) is 0 Å². The van der Waals surface area contributed by atoms with Crippen LogP contribution in [-0.2, 0) is 14.6 Å². The van der Waals surface area contributed by atoms with Crippen LogP contribution in [0.5, 0.6) is 0 Å².